The summed E-state index contributed by atoms with van der Waals surface area (Å²) in [6.45, 7) is 10.3. The lowest BCUT2D eigenvalue weighted by Gasteiger charge is -2.34. The molecule has 1 aromatic heterocycles. The van der Waals surface area contributed by atoms with Crippen LogP contribution in [0.2, 0.25) is 0 Å². The first kappa shape index (κ1) is 21.9. The fourth-order valence-corrected chi connectivity index (χ4v) is 3.83. The number of aromatic nitrogens is 1. The second-order valence-electron chi connectivity index (χ2n) is 8.36. The van der Waals surface area contributed by atoms with Crippen molar-refractivity contribution in [2.45, 2.75) is 27.4 Å². The number of aryl methyl sites for hydroxylation is 3. The van der Waals surface area contributed by atoms with Gasteiger partial charge in [-0.05, 0) is 69.8 Å². The van der Waals surface area contributed by atoms with Gasteiger partial charge < -0.3 is 24.4 Å². The number of hydrogen-bond donors (Lipinski definition) is 1. The van der Waals surface area contributed by atoms with Gasteiger partial charge >= 0.3 is 0 Å². The minimum absolute atomic E-state index is 0.164. The Hall–Kier alpha value is -3.32. The normalized spacial score (nSPS) is 14.4. The zero-order valence-electron chi connectivity index (χ0n) is 19.1. The van der Waals surface area contributed by atoms with Crippen molar-refractivity contribution < 1.29 is 14.1 Å². The molecule has 1 saturated heterocycles. The molecule has 0 spiro atoms. The Kier molecular flexibility index (Phi) is 6.46. The maximum absolute atomic E-state index is 12.9. The summed E-state index contributed by atoms with van der Waals surface area (Å²) in [4.78, 5) is 17.6. The molecule has 4 rings (SSSR count). The summed E-state index contributed by atoms with van der Waals surface area (Å²) in [5.41, 5.74) is 5.34. The van der Waals surface area contributed by atoms with E-state index in [0.29, 0.717) is 17.9 Å². The van der Waals surface area contributed by atoms with Crippen LogP contribution in [0.15, 0.2) is 47.0 Å². The highest BCUT2D eigenvalue weighted by atomic mass is 16.5. The molecule has 32 heavy (non-hydrogen) atoms. The summed E-state index contributed by atoms with van der Waals surface area (Å²) < 4.78 is 11.1. The maximum Gasteiger partial charge on any atom is 0.255 e. The van der Waals surface area contributed by atoms with Crippen LogP contribution in [0.1, 0.15) is 32.9 Å². The van der Waals surface area contributed by atoms with Crippen molar-refractivity contribution in [3.63, 3.8) is 0 Å². The number of hydrogen-bond acceptors (Lipinski definition) is 6. The zero-order chi connectivity index (χ0) is 22.7. The maximum atomic E-state index is 12.9. The molecule has 0 atom stereocenters. The summed E-state index contributed by atoms with van der Waals surface area (Å²) in [7, 11) is 2.15. The molecule has 0 aliphatic carbocycles. The summed E-state index contributed by atoms with van der Waals surface area (Å²) in [6.07, 6.45) is 0. The Balaban J connectivity index is 1.41. The number of carbonyl (C=O) groups is 1. The number of piperazine rings is 1. The molecule has 2 aromatic carbocycles. The fraction of sp³-hybridized carbons (Fsp3) is 0.360. The Morgan fingerprint density at radius 3 is 2.56 bits per heavy atom. The standard InChI is InChI=1S/C25H30N4O3/c1-17-14-21(29-12-10-28(4)11-13-29)8-9-24(17)26-25(30)20-6-5-7-22(15-20)31-16-23-18(2)27-32-19(23)3/h5-9,14-15H,10-13,16H2,1-4H3,(H,26,30). The molecular weight excluding hydrogens is 404 g/mol. The summed E-state index contributed by atoms with van der Waals surface area (Å²) >= 11 is 0. The van der Waals surface area contributed by atoms with E-state index in [1.807, 2.05) is 39.0 Å². The third-order valence-corrected chi connectivity index (χ3v) is 5.99. The molecular formula is C25H30N4O3. The van der Waals surface area contributed by atoms with Gasteiger partial charge in [0, 0.05) is 43.1 Å². The van der Waals surface area contributed by atoms with Crippen LogP contribution in [-0.2, 0) is 6.61 Å². The van der Waals surface area contributed by atoms with Crippen LogP contribution in [0.5, 0.6) is 5.75 Å². The van der Waals surface area contributed by atoms with Crippen LogP contribution < -0.4 is 15.0 Å². The Bertz CT molecular complexity index is 1080. The number of carbonyl (C=O) groups excluding carboxylic acids is 1. The molecule has 3 aromatic rings. The molecule has 0 saturated carbocycles. The first-order valence-electron chi connectivity index (χ1n) is 10.9. The van der Waals surface area contributed by atoms with E-state index >= 15 is 0 Å². The molecule has 7 heteroatoms. The van der Waals surface area contributed by atoms with Crippen LogP contribution in [0, 0.1) is 20.8 Å². The van der Waals surface area contributed by atoms with E-state index in [2.05, 4.69) is 39.5 Å². The summed E-state index contributed by atoms with van der Waals surface area (Å²) in [5, 5.41) is 6.98. The lowest BCUT2D eigenvalue weighted by molar-refractivity contribution is 0.102. The van der Waals surface area contributed by atoms with Crippen molar-refractivity contribution in [3.8, 4) is 5.75 Å². The Morgan fingerprint density at radius 1 is 1.09 bits per heavy atom. The van der Waals surface area contributed by atoms with E-state index in [1.165, 1.54) is 5.69 Å². The molecule has 1 aliphatic rings. The van der Waals surface area contributed by atoms with Gasteiger partial charge in [-0.25, -0.2) is 0 Å². The smallest absolute Gasteiger partial charge is 0.255 e. The van der Waals surface area contributed by atoms with Gasteiger partial charge in [0.15, 0.2) is 0 Å². The number of benzene rings is 2. The molecule has 168 valence electrons. The van der Waals surface area contributed by atoms with Crippen molar-refractivity contribution >= 4 is 17.3 Å². The van der Waals surface area contributed by atoms with Crippen molar-refractivity contribution in [2.75, 3.05) is 43.4 Å². The number of ether oxygens (including phenoxy) is 1. The molecule has 7 nitrogen and oxygen atoms in total. The summed E-state index contributed by atoms with van der Waals surface area (Å²) in [5.74, 6) is 1.20. The van der Waals surface area contributed by atoms with Crippen LogP contribution >= 0.6 is 0 Å². The SMILES string of the molecule is Cc1cc(N2CCN(C)CC2)ccc1NC(=O)c1cccc(OCc2c(C)noc2C)c1. The predicted molar refractivity (Wildman–Crippen MR) is 126 cm³/mol. The number of nitrogens with one attached hydrogen (secondary N) is 1. The minimum Gasteiger partial charge on any atom is -0.489 e. The Morgan fingerprint density at radius 2 is 1.88 bits per heavy atom. The van der Waals surface area contributed by atoms with Gasteiger partial charge in [-0.1, -0.05) is 11.2 Å². The number of anilines is 2. The molecule has 0 unspecified atom stereocenters. The topological polar surface area (TPSA) is 70.8 Å². The summed E-state index contributed by atoms with van der Waals surface area (Å²) in [6, 6.07) is 13.4. The second-order valence-corrected chi connectivity index (χ2v) is 8.36. The lowest BCUT2D eigenvalue weighted by atomic mass is 10.1. The van der Waals surface area contributed by atoms with Gasteiger partial charge in [0.2, 0.25) is 0 Å². The fourth-order valence-electron chi connectivity index (χ4n) is 3.83. The van der Waals surface area contributed by atoms with E-state index < -0.39 is 0 Å². The number of likely N-dealkylation sites (N-methyl/N-ethyl adjacent to an activating group) is 1. The van der Waals surface area contributed by atoms with Crippen LogP contribution in [0.4, 0.5) is 11.4 Å². The molecule has 1 fully saturated rings. The van der Waals surface area contributed by atoms with E-state index in [0.717, 1.165) is 54.4 Å². The van der Waals surface area contributed by atoms with Crippen LogP contribution in [0.3, 0.4) is 0 Å². The number of nitrogens with zero attached hydrogens (tertiary/aromatic N) is 3. The molecule has 1 amide bonds. The van der Waals surface area contributed by atoms with E-state index in [4.69, 9.17) is 9.26 Å². The molecule has 1 N–H and O–H groups in total. The van der Waals surface area contributed by atoms with E-state index in [9.17, 15) is 4.79 Å². The molecule has 0 bridgehead atoms. The van der Waals surface area contributed by atoms with Gasteiger partial charge in [0.25, 0.3) is 5.91 Å². The monoisotopic (exact) mass is 434 g/mol. The van der Waals surface area contributed by atoms with E-state index in [1.54, 1.807) is 12.1 Å². The van der Waals surface area contributed by atoms with Gasteiger partial charge in [-0.3, -0.25) is 4.79 Å². The average molecular weight is 435 g/mol. The van der Waals surface area contributed by atoms with Crippen LogP contribution in [-0.4, -0.2) is 49.2 Å². The minimum atomic E-state index is -0.164. The average Bonchev–Trinajstić information content (AvgIpc) is 3.11. The molecule has 2 heterocycles. The van der Waals surface area contributed by atoms with Gasteiger partial charge in [-0.2, -0.15) is 0 Å². The highest BCUT2D eigenvalue weighted by Crippen LogP contribution is 2.25. The van der Waals surface area contributed by atoms with Gasteiger partial charge in [0.1, 0.15) is 18.1 Å². The van der Waals surface area contributed by atoms with E-state index in [-0.39, 0.29) is 5.91 Å². The van der Waals surface area contributed by atoms with Crippen molar-refractivity contribution in [3.05, 3.63) is 70.6 Å². The van der Waals surface area contributed by atoms with Gasteiger partial charge in [-0.15, -0.1) is 0 Å². The zero-order valence-corrected chi connectivity index (χ0v) is 19.1. The third kappa shape index (κ3) is 4.94. The van der Waals surface area contributed by atoms with Gasteiger partial charge in [0.05, 0.1) is 11.3 Å². The number of rotatable bonds is 6. The highest BCUT2D eigenvalue weighted by Gasteiger charge is 2.16. The highest BCUT2D eigenvalue weighted by molar-refractivity contribution is 6.05. The second kappa shape index (κ2) is 9.44. The largest absolute Gasteiger partial charge is 0.489 e. The van der Waals surface area contributed by atoms with Crippen molar-refractivity contribution in [2.24, 2.45) is 0 Å². The van der Waals surface area contributed by atoms with Crippen molar-refractivity contribution in [1.29, 1.82) is 0 Å². The van der Waals surface area contributed by atoms with Crippen molar-refractivity contribution in [1.82, 2.24) is 10.1 Å². The molecule has 1 aliphatic heterocycles. The van der Waals surface area contributed by atoms with Crippen LogP contribution in [0.25, 0.3) is 0 Å². The lowest BCUT2D eigenvalue weighted by Crippen LogP contribution is -2.44. The molecule has 0 radical (unpaired) electrons. The predicted octanol–water partition coefficient (Wildman–Crippen LogP) is 4.18. The quantitative estimate of drug-likeness (QED) is 0.628. The number of amides is 1. The Labute approximate surface area is 188 Å². The first-order valence-corrected chi connectivity index (χ1v) is 10.9. The third-order valence-electron chi connectivity index (χ3n) is 5.99. The first-order chi connectivity index (χ1) is 15.4.